The quantitative estimate of drug-likeness (QED) is 0.577. The van der Waals surface area contributed by atoms with Gasteiger partial charge in [-0.05, 0) is 24.6 Å². The molecule has 0 N–H and O–H groups in total. The molecule has 0 unspecified atom stereocenters. The average molecular weight is 177 g/mol. The van der Waals surface area contributed by atoms with Crippen LogP contribution in [0.5, 0.6) is 0 Å². The van der Waals surface area contributed by atoms with Gasteiger partial charge in [-0.1, -0.05) is 11.6 Å². The highest BCUT2D eigenvalue weighted by Crippen LogP contribution is 2.22. The Kier molecular flexibility index (Phi) is 2.21. The van der Waals surface area contributed by atoms with Crippen LogP contribution in [0.25, 0.3) is 0 Å². The predicted octanol–water partition coefficient (Wildman–Crippen LogP) is 3.08. The van der Waals surface area contributed by atoms with Crippen LogP contribution in [0.3, 0.4) is 0 Å². The number of benzene rings is 1. The minimum Gasteiger partial charge on any atom is -0.207 e. The van der Waals surface area contributed by atoms with Crippen molar-refractivity contribution in [3.05, 3.63) is 28.5 Å². The zero-order valence-corrected chi connectivity index (χ0v) is 7.01. The highest BCUT2D eigenvalue weighted by molar-refractivity contribution is 7.80. The Bertz CT molecular complexity index is 210. The summed E-state index contributed by atoms with van der Waals surface area (Å²) in [4.78, 5) is 0.477. The highest BCUT2D eigenvalue weighted by atomic mass is 35.5. The molecule has 1 aromatic rings. The second kappa shape index (κ2) is 2.81. The van der Waals surface area contributed by atoms with Crippen molar-refractivity contribution in [3.63, 3.8) is 0 Å². The summed E-state index contributed by atoms with van der Waals surface area (Å²) in [6.45, 7) is 1.66. The molecule has 0 aliphatic carbocycles. The van der Waals surface area contributed by atoms with E-state index in [9.17, 15) is 4.39 Å². The molecule has 0 heterocycles. The normalized spacial score (nSPS) is 10.0. The second-order valence-electron chi connectivity index (χ2n) is 2.05. The lowest BCUT2D eigenvalue weighted by molar-refractivity contribution is 0.615. The number of rotatable bonds is 0. The van der Waals surface area contributed by atoms with Crippen LogP contribution >= 0.6 is 24.2 Å². The van der Waals surface area contributed by atoms with E-state index in [1.165, 1.54) is 6.07 Å². The van der Waals surface area contributed by atoms with Crippen molar-refractivity contribution in [2.24, 2.45) is 0 Å². The van der Waals surface area contributed by atoms with E-state index in [1.54, 1.807) is 13.0 Å². The van der Waals surface area contributed by atoms with Crippen LogP contribution in [-0.2, 0) is 0 Å². The van der Waals surface area contributed by atoms with Crippen LogP contribution in [0.15, 0.2) is 17.0 Å². The lowest BCUT2D eigenvalue weighted by Crippen LogP contribution is -1.81. The van der Waals surface area contributed by atoms with Gasteiger partial charge < -0.3 is 0 Å². The highest BCUT2D eigenvalue weighted by Gasteiger charge is 2.00. The third-order valence-electron chi connectivity index (χ3n) is 1.23. The van der Waals surface area contributed by atoms with Crippen molar-refractivity contribution in [1.82, 2.24) is 0 Å². The van der Waals surface area contributed by atoms with E-state index in [2.05, 4.69) is 12.6 Å². The van der Waals surface area contributed by atoms with Crippen molar-refractivity contribution >= 4 is 24.2 Å². The van der Waals surface area contributed by atoms with Crippen LogP contribution < -0.4 is 0 Å². The van der Waals surface area contributed by atoms with E-state index >= 15 is 0 Å². The average Bonchev–Trinajstić information content (AvgIpc) is 1.84. The number of halogens is 2. The second-order valence-corrected chi connectivity index (χ2v) is 2.94. The first-order valence-electron chi connectivity index (χ1n) is 2.76. The molecule has 0 saturated heterocycles. The summed E-state index contributed by atoms with van der Waals surface area (Å²) in [7, 11) is 0. The van der Waals surface area contributed by atoms with Gasteiger partial charge in [-0.3, -0.25) is 0 Å². The van der Waals surface area contributed by atoms with Gasteiger partial charge in [0.15, 0.2) is 0 Å². The lowest BCUT2D eigenvalue weighted by Gasteiger charge is -1.98. The fraction of sp³-hybridized carbons (Fsp3) is 0.143. The van der Waals surface area contributed by atoms with Gasteiger partial charge in [-0.2, -0.15) is 0 Å². The van der Waals surface area contributed by atoms with Crippen LogP contribution in [0, 0.1) is 12.7 Å². The molecule has 3 heteroatoms. The minimum atomic E-state index is -0.269. The molecule has 1 aromatic carbocycles. The number of thiol groups is 1. The fourth-order valence-electron chi connectivity index (χ4n) is 0.636. The molecular weight excluding hydrogens is 171 g/mol. The monoisotopic (exact) mass is 176 g/mol. The Morgan fingerprint density at radius 2 is 2.10 bits per heavy atom. The maximum Gasteiger partial charge on any atom is 0.127 e. The topological polar surface area (TPSA) is 0 Å². The van der Waals surface area contributed by atoms with Gasteiger partial charge in [-0.25, -0.2) is 4.39 Å². The molecule has 0 bridgehead atoms. The molecule has 0 atom stereocenters. The van der Waals surface area contributed by atoms with E-state index in [-0.39, 0.29) is 5.82 Å². The van der Waals surface area contributed by atoms with E-state index < -0.39 is 0 Å². The molecule has 0 spiro atoms. The first-order chi connectivity index (χ1) is 4.61. The smallest absolute Gasteiger partial charge is 0.127 e. The van der Waals surface area contributed by atoms with Gasteiger partial charge in [-0.15, -0.1) is 12.6 Å². The Labute approximate surface area is 69.4 Å². The molecule has 0 fully saturated rings. The minimum absolute atomic E-state index is 0.269. The van der Waals surface area contributed by atoms with Gasteiger partial charge >= 0.3 is 0 Å². The predicted molar refractivity (Wildman–Crippen MR) is 43.4 cm³/mol. The third kappa shape index (κ3) is 1.44. The van der Waals surface area contributed by atoms with E-state index in [1.807, 2.05) is 0 Å². The first kappa shape index (κ1) is 7.89. The van der Waals surface area contributed by atoms with Crippen LogP contribution in [-0.4, -0.2) is 0 Å². The molecule has 0 amide bonds. The zero-order valence-electron chi connectivity index (χ0n) is 5.36. The molecule has 0 saturated carbocycles. The third-order valence-corrected chi connectivity index (χ3v) is 2.04. The molecule has 0 nitrogen and oxygen atoms in total. The van der Waals surface area contributed by atoms with Gasteiger partial charge in [0.05, 0.1) is 5.02 Å². The standard InChI is InChI=1S/C7H6ClFS/c1-4-2-5(8)7(10)3-6(4)9/h2-3,10H,1H3. The van der Waals surface area contributed by atoms with E-state index in [0.29, 0.717) is 15.5 Å². The maximum atomic E-state index is 12.7. The summed E-state index contributed by atoms with van der Waals surface area (Å²) in [6, 6.07) is 2.86. The summed E-state index contributed by atoms with van der Waals surface area (Å²) in [5.41, 5.74) is 0.544. The first-order valence-corrected chi connectivity index (χ1v) is 3.58. The fourth-order valence-corrected chi connectivity index (χ4v) is 1.03. The Hall–Kier alpha value is -0.210. The van der Waals surface area contributed by atoms with Crippen LogP contribution in [0.4, 0.5) is 4.39 Å². The molecule has 0 radical (unpaired) electrons. The maximum absolute atomic E-state index is 12.7. The molecule has 54 valence electrons. The Morgan fingerprint density at radius 1 is 1.50 bits per heavy atom. The molecule has 0 aliphatic heterocycles. The number of hydrogen-bond acceptors (Lipinski definition) is 1. The largest absolute Gasteiger partial charge is 0.207 e. The Balaban J connectivity index is 3.28. The van der Waals surface area contributed by atoms with Crippen molar-refractivity contribution in [2.75, 3.05) is 0 Å². The molecule has 0 aromatic heterocycles. The van der Waals surface area contributed by atoms with Crippen molar-refractivity contribution < 1.29 is 4.39 Å². The number of hydrogen-bond donors (Lipinski definition) is 1. The van der Waals surface area contributed by atoms with Gasteiger partial charge in [0.2, 0.25) is 0 Å². The summed E-state index contributed by atoms with van der Waals surface area (Å²) in [5.74, 6) is -0.269. The molecule has 0 aliphatic rings. The van der Waals surface area contributed by atoms with Crippen molar-refractivity contribution in [1.29, 1.82) is 0 Å². The summed E-state index contributed by atoms with van der Waals surface area (Å²) < 4.78 is 12.7. The summed E-state index contributed by atoms with van der Waals surface area (Å²) in [6.07, 6.45) is 0. The van der Waals surface area contributed by atoms with Crippen molar-refractivity contribution in [2.45, 2.75) is 11.8 Å². The Morgan fingerprint density at radius 3 is 2.60 bits per heavy atom. The van der Waals surface area contributed by atoms with Crippen LogP contribution in [0.1, 0.15) is 5.56 Å². The molecule has 10 heavy (non-hydrogen) atoms. The lowest BCUT2D eigenvalue weighted by atomic mass is 10.2. The van der Waals surface area contributed by atoms with Gasteiger partial charge in [0.1, 0.15) is 5.82 Å². The zero-order chi connectivity index (χ0) is 7.72. The van der Waals surface area contributed by atoms with Gasteiger partial charge in [0.25, 0.3) is 0 Å². The molecule has 1 rings (SSSR count). The SMILES string of the molecule is Cc1cc(Cl)c(S)cc1F. The summed E-state index contributed by atoms with van der Waals surface area (Å²) >= 11 is 9.59. The van der Waals surface area contributed by atoms with Crippen LogP contribution in [0.2, 0.25) is 5.02 Å². The summed E-state index contributed by atoms with van der Waals surface area (Å²) in [5, 5.41) is 0.488. The van der Waals surface area contributed by atoms with E-state index in [0.717, 1.165) is 0 Å². The molecular formula is C7H6ClFS. The van der Waals surface area contributed by atoms with E-state index in [4.69, 9.17) is 11.6 Å². The number of aryl methyl sites for hydroxylation is 1. The van der Waals surface area contributed by atoms with Crippen molar-refractivity contribution in [3.8, 4) is 0 Å². The van der Waals surface area contributed by atoms with Gasteiger partial charge in [0, 0.05) is 4.90 Å².